The molecule has 0 amide bonds. The van der Waals surface area contributed by atoms with Crippen LogP contribution in [0.15, 0.2) is 54.6 Å². The molecule has 2 rings (SSSR count). The minimum absolute atomic E-state index is 0. The second-order valence-corrected chi connectivity index (χ2v) is 5.11. The number of rotatable bonds is 7. The molecule has 0 bridgehead atoms. The number of nitrogens with one attached hydrogen (secondary N) is 1. The fourth-order valence-electron chi connectivity index (χ4n) is 2.25. The molecular weight excluding hydrogens is 282 g/mol. The van der Waals surface area contributed by atoms with E-state index in [1.54, 1.807) is 7.11 Å². The quantitative estimate of drug-likeness (QED) is 0.779. The molecule has 2 nitrogen and oxygen atoms in total. The third kappa shape index (κ3) is 5.78. The van der Waals surface area contributed by atoms with Crippen molar-refractivity contribution in [1.82, 2.24) is 5.32 Å². The molecule has 0 aliphatic rings. The topological polar surface area (TPSA) is 21.3 Å². The van der Waals surface area contributed by atoms with Crippen molar-refractivity contribution in [3.63, 3.8) is 0 Å². The highest BCUT2D eigenvalue weighted by atomic mass is 35.5. The Morgan fingerprint density at radius 2 is 1.67 bits per heavy atom. The van der Waals surface area contributed by atoms with E-state index in [1.165, 1.54) is 11.1 Å². The maximum absolute atomic E-state index is 5.18. The maximum Gasteiger partial charge on any atom is 0.118 e. The Hall–Kier alpha value is -1.51. The molecule has 0 radical (unpaired) electrons. The summed E-state index contributed by atoms with van der Waals surface area (Å²) in [4.78, 5) is 0. The van der Waals surface area contributed by atoms with Gasteiger partial charge in [-0.15, -0.1) is 12.4 Å². The van der Waals surface area contributed by atoms with Crippen LogP contribution in [0.5, 0.6) is 5.75 Å². The predicted octanol–water partition coefficient (Wildman–Crippen LogP) is 4.05. The Balaban J connectivity index is 0.00000220. The molecule has 2 aromatic carbocycles. The molecule has 114 valence electrons. The van der Waals surface area contributed by atoms with Crippen LogP contribution in [0.4, 0.5) is 0 Å². The molecule has 0 aliphatic heterocycles. The summed E-state index contributed by atoms with van der Waals surface area (Å²) in [5.41, 5.74) is 2.73. The number of methoxy groups -OCH3 is 1. The van der Waals surface area contributed by atoms with Crippen LogP contribution in [-0.2, 0) is 6.42 Å². The lowest BCUT2D eigenvalue weighted by Crippen LogP contribution is -2.22. The van der Waals surface area contributed by atoms with Gasteiger partial charge in [0.25, 0.3) is 0 Å². The van der Waals surface area contributed by atoms with Gasteiger partial charge < -0.3 is 10.1 Å². The van der Waals surface area contributed by atoms with E-state index in [0.29, 0.717) is 5.92 Å². The van der Waals surface area contributed by atoms with Crippen LogP contribution >= 0.6 is 12.4 Å². The van der Waals surface area contributed by atoms with Crippen molar-refractivity contribution in [2.45, 2.75) is 19.3 Å². The van der Waals surface area contributed by atoms with Crippen molar-refractivity contribution in [2.24, 2.45) is 0 Å². The Morgan fingerprint density at radius 1 is 1.00 bits per heavy atom. The Kier molecular flexibility index (Phi) is 7.88. The highest BCUT2D eigenvalue weighted by molar-refractivity contribution is 5.85. The smallest absolute Gasteiger partial charge is 0.118 e. The lowest BCUT2D eigenvalue weighted by Gasteiger charge is -2.13. The molecule has 3 heteroatoms. The normalized spacial score (nSPS) is 11.5. The summed E-state index contributed by atoms with van der Waals surface area (Å²) in [7, 11) is 1.70. The zero-order valence-electron chi connectivity index (χ0n) is 12.7. The monoisotopic (exact) mass is 305 g/mol. The van der Waals surface area contributed by atoms with Gasteiger partial charge in [0.05, 0.1) is 7.11 Å². The van der Waals surface area contributed by atoms with E-state index >= 15 is 0 Å². The molecule has 0 spiro atoms. The second-order valence-electron chi connectivity index (χ2n) is 5.11. The summed E-state index contributed by atoms with van der Waals surface area (Å²) in [6.45, 7) is 4.26. The highest BCUT2D eigenvalue weighted by Crippen LogP contribution is 2.18. The fraction of sp³-hybridized carbons (Fsp3) is 0.333. The minimum atomic E-state index is 0. The number of benzene rings is 2. The summed E-state index contributed by atoms with van der Waals surface area (Å²) in [5.74, 6) is 1.43. The largest absolute Gasteiger partial charge is 0.497 e. The van der Waals surface area contributed by atoms with Crippen molar-refractivity contribution in [3.05, 3.63) is 65.7 Å². The van der Waals surface area contributed by atoms with E-state index in [1.807, 2.05) is 12.1 Å². The highest BCUT2D eigenvalue weighted by Gasteiger charge is 2.05. The first-order valence-corrected chi connectivity index (χ1v) is 7.18. The van der Waals surface area contributed by atoms with Gasteiger partial charge in [-0.1, -0.05) is 49.4 Å². The Labute approximate surface area is 133 Å². The van der Waals surface area contributed by atoms with E-state index in [0.717, 1.165) is 25.3 Å². The number of ether oxygens (including phenoxy) is 1. The van der Waals surface area contributed by atoms with E-state index < -0.39 is 0 Å². The molecule has 0 saturated carbocycles. The SMILES string of the molecule is COc1ccc([C@@H](C)CNCCc2ccccc2)cc1.Cl. The number of hydrogen-bond acceptors (Lipinski definition) is 2. The van der Waals surface area contributed by atoms with Crippen LogP contribution in [-0.4, -0.2) is 20.2 Å². The summed E-state index contributed by atoms with van der Waals surface area (Å²) < 4.78 is 5.18. The predicted molar refractivity (Wildman–Crippen MR) is 91.7 cm³/mol. The standard InChI is InChI=1S/C18H23NO.ClH/c1-15(17-8-10-18(20-2)11-9-17)14-19-13-12-16-6-4-3-5-7-16;/h3-11,15,19H,12-14H2,1-2H3;1H/t15-;/m0./s1. The van der Waals surface area contributed by atoms with Crippen molar-refractivity contribution in [2.75, 3.05) is 20.2 Å². The van der Waals surface area contributed by atoms with Gasteiger partial charge in [0.15, 0.2) is 0 Å². The van der Waals surface area contributed by atoms with Gasteiger partial charge in [0, 0.05) is 6.54 Å². The van der Waals surface area contributed by atoms with Crippen LogP contribution in [0, 0.1) is 0 Å². The average molecular weight is 306 g/mol. The summed E-state index contributed by atoms with van der Waals surface area (Å²) >= 11 is 0. The lowest BCUT2D eigenvalue weighted by atomic mass is 10.0. The zero-order chi connectivity index (χ0) is 14.2. The van der Waals surface area contributed by atoms with E-state index in [-0.39, 0.29) is 12.4 Å². The van der Waals surface area contributed by atoms with E-state index in [4.69, 9.17) is 4.74 Å². The fourth-order valence-corrected chi connectivity index (χ4v) is 2.25. The van der Waals surface area contributed by atoms with Gasteiger partial charge >= 0.3 is 0 Å². The van der Waals surface area contributed by atoms with E-state index in [9.17, 15) is 0 Å². The maximum atomic E-state index is 5.18. The summed E-state index contributed by atoms with van der Waals surface area (Å²) in [5, 5.41) is 3.53. The van der Waals surface area contributed by atoms with Gasteiger partial charge in [0.2, 0.25) is 0 Å². The molecule has 0 saturated heterocycles. The third-order valence-corrected chi connectivity index (χ3v) is 3.57. The number of halogens is 1. The molecule has 0 aliphatic carbocycles. The average Bonchev–Trinajstić information content (AvgIpc) is 2.52. The molecule has 1 atom stereocenters. The Bertz CT molecular complexity index is 498. The first kappa shape index (κ1) is 17.5. The first-order chi connectivity index (χ1) is 9.79. The minimum Gasteiger partial charge on any atom is -0.497 e. The summed E-state index contributed by atoms with van der Waals surface area (Å²) in [6.07, 6.45) is 1.08. The van der Waals surface area contributed by atoms with Gasteiger partial charge in [0.1, 0.15) is 5.75 Å². The van der Waals surface area contributed by atoms with Crippen molar-refractivity contribution < 1.29 is 4.74 Å². The van der Waals surface area contributed by atoms with Gasteiger partial charge in [-0.25, -0.2) is 0 Å². The van der Waals surface area contributed by atoms with E-state index in [2.05, 4.69) is 54.7 Å². The van der Waals surface area contributed by atoms with Crippen LogP contribution in [0.2, 0.25) is 0 Å². The first-order valence-electron chi connectivity index (χ1n) is 7.18. The lowest BCUT2D eigenvalue weighted by molar-refractivity contribution is 0.414. The second kappa shape index (κ2) is 9.43. The van der Waals surface area contributed by atoms with Gasteiger partial charge in [-0.3, -0.25) is 0 Å². The number of hydrogen-bond donors (Lipinski definition) is 1. The molecular formula is C18H24ClNO. The van der Waals surface area contributed by atoms with Crippen molar-refractivity contribution in [1.29, 1.82) is 0 Å². The molecule has 21 heavy (non-hydrogen) atoms. The van der Waals surface area contributed by atoms with Gasteiger partial charge in [-0.05, 0) is 42.1 Å². The van der Waals surface area contributed by atoms with Crippen LogP contribution in [0.25, 0.3) is 0 Å². The molecule has 1 N–H and O–H groups in total. The molecule has 0 fully saturated rings. The van der Waals surface area contributed by atoms with Gasteiger partial charge in [-0.2, -0.15) is 0 Å². The molecule has 2 aromatic rings. The third-order valence-electron chi connectivity index (χ3n) is 3.57. The van der Waals surface area contributed by atoms with Crippen LogP contribution in [0.3, 0.4) is 0 Å². The van der Waals surface area contributed by atoms with Crippen LogP contribution < -0.4 is 10.1 Å². The molecule has 0 unspecified atom stereocenters. The molecule has 0 aromatic heterocycles. The summed E-state index contributed by atoms with van der Waals surface area (Å²) in [6, 6.07) is 18.9. The molecule has 0 heterocycles. The van der Waals surface area contributed by atoms with Crippen LogP contribution in [0.1, 0.15) is 24.0 Å². The zero-order valence-corrected chi connectivity index (χ0v) is 13.5. The Morgan fingerprint density at radius 3 is 2.29 bits per heavy atom. The van der Waals surface area contributed by atoms with Crippen molar-refractivity contribution in [3.8, 4) is 5.75 Å². The van der Waals surface area contributed by atoms with Crippen molar-refractivity contribution >= 4 is 12.4 Å².